The van der Waals surface area contributed by atoms with Gasteiger partial charge in [-0.2, -0.15) is 0 Å². The maximum Gasteiger partial charge on any atom is 0.257 e. The molecule has 1 aliphatic heterocycles. The Balaban J connectivity index is 2.16. The topological polar surface area (TPSA) is 40.6 Å². The van der Waals surface area contributed by atoms with E-state index in [4.69, 9.17) is 11.6 Å². The Morgan fingerprint density at radius 2 is 1.86 bits per heavy atom. The van der Waals surface area contributed by atoms with E-state index in [0.29, 0.717) is 10.7 Å². The lowest BCUT2D eigenvalue weighted by atomic mass is 9.93. The van der Waals surface area contributed by atoms with E-state index in [1.807, 2.05) is 30.3 Å². The van der Waals surface area contributed by atoms with E-state index in [2.05, 4.69) is 0 Å². The molecule has 1 aliphatic rings. The molecule has 0 spiro atoms. The van der Waals surface area contributed by atoms with Crippen LogP contribution in [0.5, 0.6) is 0 Å². The first-order chi connectivity index (χ1) is 10.5. The third-order valence-electron chi connectivity index (χ3n) is 3.87. The number of rotatable bonds is 2. The molecule has 2 amide bonds. The van der Waals surface area contributed by atoms with Gasteiger partial charge in [0.2, 0.25) is 5.91 Å². The third-order valence-corrected chi connectivity index (χ3v) is 4.11. The van der Waals surface area contributed by atoms with Crippen molar-refractivity contribution in [3.8, 4) is 0 Å². The number of benzene rings is 2. The average molecular weight is 315 g/mol. The lowest BCUT2D eigenvalue weighted by molar-refractivity contribution is -0.133. The van der Waals surface area contributed by atoms with E-state index in [0.717, 1.165) is 11.1 Å². The molecule has 0 N–H and O–H groups in total. The van der Waals surface area contributed by atoms with Gasteiger partial charge in [0.1, 0.15) is 0 Å². The summed E-state index contributed by atoms with van der Waals surface area (Å²) in [5, 5.41) is 3.32. The van der Waals surface area contributed by atoms with Crippen LogP contribution in [0.3, 0.4) is 0 Å². The summed E-state index contributed by atoms with van der Waals surface area (Å²) in [4.78, 5) is 24.6. The molecule has 0 radical (unpaired) electrons. The molecule has 0 saturated heterocycles. The summed E-state index contributed by atoms with van der Waals surface area (Å²) < 4.78 is 0. The van der Waals surface area contributed by atoms with Crippen molar-refractivity contribution in [3.05, 3.63) is 64.7 Å². The smallest absolute Gasteiger partial charge is 0.257 e. The van der Waals surface area contributed by atoms with Gasteiger partial charge < -0.3 is 0 Å². The molecule has 0 saturated carbocycles. The van der Waals surface area contributed by atoms with Gasteiger partial charge in [0.15, 0.2) is 0 Å². The van der Waals surface area contributed by atoms with E-state index < -0.39 is 5.92 Å². The van der Waals surface area contributed by atoms with Crippen molar-refractivity contribution in [2.75, 3.05) is 12.1 Å². The highest BCUT2D eigenvalue weighted by atomic mass is 35.5. The van der Waals surface area contributed by atoms with Crippen molar-refractivity contribution < 1.29 is 9.59 Å². The summed E-state index contributed by atoms with van der Waals surface area (Å²) >= 11 is 6.10. The van der Waals surface area contributed by atoms with Crippen LogP contribution >= 0.6 is 11.6 Å². The summed E-state index contributed by atoms with van der Waals surface area (Å²) in [6.07, 6.45) is 0. The van der Waals surface area contributed by atoms with Crippen molar-refractivity contribution in [2.45, 2.75) is 12.8 Å². The number of amides is 2. The fourth-order valence-electron chi connectivity index (χ4n) is 2.74. The Bertz CT molecular complexity index is 746. The van der Waals surface area contributed by atoms with Gasteiger partial charge in [-0.15, -0.1) is 0 Å². The summed E-state index contributed by atoms with van der Waals surface area (Å²) in [6.45, 7) is 1.43. The van der Waals surface area contributed by atoms with Crippen LogP contribution in [0.15, 0.2) is 48.5 Å². The first-order valence-electron chi connectivity index (χ1n) is 6.93. The molecular weight excluding hydrogens is 300 g/mol. The number of fused-ring (bicyclic) bond motifs is 1. The van der Waals surface area contributed by atoms with E-state index in [-0.39, 0.29) is 11.8 Å². The molecule has 0 aromatic heterocycles. The molecule has 1 unspecified atom stereocenters. The molecule has 2 aromatic carbocycles. The maximum atomic E-state index is 12.9. The SMILES string of the molecule is CC(=O)N(C)N1C(=O)C(c2ccccc2)c2cc(Cl)ccc21. The lowest BCUT2D eigenvalue weighted by Crippen LogP contribution is -2.45. The van der Waals surface area contributed by atoms with Crippen molar-refractivity contribution in [1.29, 1.82) is 0 Å². The first-order valence-corrected chi connectivity index (χ1v) is 7.31. The van der Waals surface area contributed by atoms with Crippen LogP contribution in [0.25, 0.3) is 0 Å². The van der Waals surface area contributed by atoms with Crippen LogP contribution in [0.4, 0.5) is 5.69 Å². The van der Waals surface area contributed by atoms with Gasteiger partial charge in [-0.05, 0) is 29.3 Å². The Morgan fingerprint density at radius 3 is 2.50 bits per heavy atom. The number of hydrogen-bond donors (Lipinski definition) is 0. The largest absolute Gasteiger partial charge is 0.273 e. The van der Waals surface area contributed by atoms with Crippen molar-refractivity contribution in [3.63, 3.8) is 0 Å². The van der Waals surface area contributed by atoms with Crippen LogP contribution in [-0.4, -0.2) is 23.9 Å². The number of nitrogens with zero attached hydrogens (tertiary/aromatic N) is 2. The maximum absolute atomic E-state index is 12.9. The first kappa shape index (κ1) is 14.6. The molecule has 1 atom stereocenters. The molecule has 1 heterocycles. The predicted octanol–water partition coefficient (Wildman–Crippen LogP) is 3.21. The highest BCUT2D eigenvalue weighted by molar-refractivity contribution is 6.31. The number of carbonyl (C=O) groups excluding carboxylic acids is 2. The lowest BCUT2D eigenvalue weighted by Gasteiger charge is -2.27. The molecule has 0 aliphatic carbocycles. The van der Waals surface area contributed by atoms with Gasteiger partial charge in [0.05, 0.1) is 11.6 Å². The summed E-state index contributed by atoms with van der Waals surface area (Å²) in [7, 11) is 1.59. The second kappa shape index (κ2) is 5.46. The minimum absolute atomic E-state index is 0.152. The fraction of sp³-hybridized carbons (Fsp3) is 0.176. The summed E-state index contributed by atoms with van der Waals surface area (Å²) in [5.41, 5.74) is 2.40. The monoisotopic (exact) mass is 314 g/mol. The minimum Gasteiger partial charge on any atom is -0.273 e. The molecular formula is C17H15ClN2O2. The molecule has 0 bridgehead atoms. The number of halogens is 1. The zero-order chi connectivity index (χ0) is 15.9. The Kier molecular flexibility index (Phi) is 3.62. The molecule has 3 rings (SSSR count). The van der Waals surface area contributed by atoms with Crippen LogP contribution < -0.4 is 5.01 Å². The average Bonchev–Trinajstić information content (AvgIpc) is 2.78. The van der Waals surface area contributed by atoms with Crippen molar-refractivity contribution >= 4 is 29.1 Å². The molecule has 22 heavy (non-hydrogen) atoms. The Morgan fingerprint density at radius 1 is 1.18 bits per heavy atom. The van der Waals surface area contributed by atoms with Crippen molar-refractivity contribution in [2.24, 2.45) is 0 Å². The highest BCUT2D eigenvalue weighted by Crippen LogP contribution is 2.42. The third kappa shape index (κ3) is 2.25. The Hall–Kier alpha value is -2.33. The molecule has 5 heteroatoms. The van der Waals surface area contributed by atoms with E-state index in [1.165, 1.54) is 16.9 Å². The number of hydrogen-bond acceptors (Lipinski definition) is 2. The zero-order valence-corrected chi connectivity index (χ0v) is 13.0. The van der Waals surface area contributed by atoms with Crippen LogP contribution in [-0.2, 0) is 9.59 Å². The van der Waals surface area contributed by atoms with Gasteiger partial charge >= 0.3 is 0 Å². The number of anilines is 1. The zero-order valence-electron chi connectivity index (χ0n) is 12.3. The van der Waals surface area contributed by atoms with E-state index >= 15 is 0 Å². The predicted molar refractivity (Wildman–Crippen MR) is 85.7 cm³/mol. The molecule has 0 fully saturated rings. The second-order valence-electron chi connectivity index (χ2n) is 5.24. The van der Waals surface area contributed by atoms with Crippen LogP contribution in [0, 0.1) is 0 Å². The highest BCUT2D eigenvalue weighted by Gasteiger charge is 2.41. The number of carbonyl (C=O) groups is 2. The normalized spacial score (nSPS) is 16.6. The van der Waals surface area contributed by atoms with Gasteiger partial charge in [-0.3, -0.25) is 14.6 Å². The molecule has 2 aromatic rings. The summed E-state index contributed by atoms with van der Waals surface area (Å²) in [6, 6.07) is 14.8. The summed E-state index contributed by atoms with van der Waals surface area (Å²) in [5.74, 6) is -0.805. The van der Waals surface area contributed by atoms with Crippen LogP contribution in [0.1, 0.15) is 24.0 Å². The van der Waals surface area contributed by atoms with Gasteiger partial charge in [-0.25, -0.2) is 5.01 Å². The van der Waals surface area contributed by atoms with Crippen LogP contribution in [0.2, 0.25) is 5.02 Å². The quantitative estimate of drug-likeness (QED) is 0.854. The van der Waals surface area contributed by atoms with Gasteiger partial charge in [0, 0.05) is 19.0 Å². The van der Waals surface area contributed by atoms with Crippen molar-refractivity contribution in [1.82, 2.24) is 5.01 Å². The standard InChI is InChI=1S/C17H15ClN2O2/c1-11(21)19(2)20-15-9-8-13(18)10-14(15)16(17(20)22)12-6-4-3-5-7-12/h3-10,16H,1-2H3. The fourth-order valence-corrected chi connectivity index (χ4v) is 2.92. The van der Waals surface area contributed by atoms with E-state index in [1.54, 1.807) is 25.2 Å². The van der Waals surface area contributed by atoms with Gasteiger partial charge in [-0.1, -0.05) is 41.9 Å². The molecule has 4 nitrogen and oxygen atoms in total. The Labute approximate surface area is 133 Å². The number of hydrazine groups is 1. The minimum atomic E-state index is -0.448. The molecule has 112 valence electrons. The van der Waals surface area contributed by atoms with E-state index in [9.17, 15) is 9.59 Å². The van der Waals surface area contributed by atoms with Gasteiger partial charge in [0.25, 0.3) is 5.91 Å². The second-order valence-corrected chi connectivity index (χ2v) is 5.68.